The lowest BCUT2D eigenvalue weighted by Crippen LogP contribution is -2.45. The van der Waals surface area contributed by atoms with Crippen LogP contribution in [0.2, 0.25) is 0 Å². The maximum atomic E-state index is 12.4. The van der Waals surface area contributed by atoms with Crippen LogP contribution < -0.4 is 5.32 Å². The minimum Gasteiger partial charge on any atom is -0.466 e. The number of hydrogen-bond acceptors (Lipinski definition) is 5. The number of hydrogen-bond donors (Lipinski definition) is 3. The van der Waals surface area contributed by atoms with Crippen LogP contribution in [0.1, 0.15) is 226 Å². The lowest BCUT2D eigenvalue weighted by molar-refractivity contribution is -0.143. The number of allylic oxidation sites excluding steroid dienone is 3. The number of aliphatic hydroxyl groups is 2. The van der Waals surface area contributed by atoms with Crippen molar-refractivity contribution in [1.29, 1.82) is 0 Å². The molecule has 0 radical (unpaired) electrons. The van der Waals surface area contributed by atoms with E-state index >= 15 is 0 Å². The van der Waals surface area contributed by atoms with Gasteiger partial charge in [-0.15, -0.1) is 0 Å². The van der Waals surface area contributed by atoms with Gasteiger partial charge in [0, 0.05) is 12.8 Å². The zero-order chi connectivity index (χ0) is 37.3. The molecular formula is C45H85NO5. The Hall–Kier alpha value is -1.66. The Balaban J connectivity index is 3.53. The fourth-order valence-corrected chi connectivity index (χ4v) is 6.49. The molecule has 0 aliphatic carbocycles. The highest BCUT2D eigenvalue weighted by Gasteiger charge is 2.18. The number of esters is 1. The summed E-state index contributed by atoms with van der Waals surface area (Å²) >= 11 is 0. The summed E-state index contributed by atoms with van der Waals surface area (Å²) in [4.78, 5) is 24.3. The average Bonchev–Trinajstić information content (AvgIpc) is 3.13. The lowest BCUT2D eigenvalue weighted by Gasteiger charge is -2.20. The number of nitrogens with one attached hydrogen (secondary N) is 1. The van der Waals surface area contributed by atoms with Crippen molar-refractivity contribution in [1.82, 2.24) is 5.32 Å². The summed E-state index contributed by atoms with van der Waals surface area (Å²) in [5.41, 5.74) is 0. The molecule has 3 N–H and O–H groups in total. The minimum absolute atomic E-state index is 0.0275. The van der Waals surface area contributed by atoms with Gasteiger partial charge in [-0.1, -0.05) is 186 Å². The summed E-state index contributed by atoms with van der Waals surface area (Å²) in [5.74, 6) is -0.117. The van der Waals surface area contributed by atoms with E-state index in [1.807, 2.05) is 6.08 Å². The monoisotopic (exact) mass is 720 g/mol. The molecule has 0 aliphatic rings. The first-order valence-corrected chi connectivity index (χ1v) is 22.1. The van der Waals surface area contributed by atoms with Gasteiger partial charge in [-0.2, -0.15) is 0 Å². The van der Waals surface area contributed by atoms with Gasteiger partial charge in [0.05, 0.1) is 25.4 Å². The van der Waals surface area contributed by atoms with Crippen LogP contribution in [0.3, 0.4) is 0 Å². The maximum Gasteiger partial charge on any atom is 0.305 e. The lowest BCUT2D eigenvalue weighted by atomic mass is 10.0. The van der Waals surface area contributed by atoms with Crippen LogP contribution in [0.15, 0.2) is 24.3 Å². The molecule has 0 aromatic carbocycles. The molecule has 0 saturated carbocycles. The van der Waals surface area contributed by atoms with Crippen LogP contribution in [0, 0.1) is 0 Å². The van der Waals surface area contributed by atoms with E-state index in [4.69, 9.17) is 4.74 Å². The predicted molar refractivity (Wildman–Crippen MR) is 218 cm³/mol. The second-order valence-corrected chi connectivity index (χ2v) is 15.0. The van der Waals surface area contributed by atoms with Gasteiger partial charge in [0.15, 0.2) is 0 Å². The summed E-state index contributed by atoms with van der Waals surface area (Å²) in [6, 6.07) is -0.640. The largest absolute Gasteiger partial charge is 0.466 e. The molecule has 0 heterocycles. The molecule has 1 amide bonds. The number of ether oxygens (including phenoxy) is 1. The third kappa shape index (κ3) is 37.9. The van der Waals surface area contributed by atoms with Crippen molar-refractivity contribution >= 4 is 11.9 Å². The molecule has 0 aliphatic heterocycles. The van der Waals surface area contributed by atoms with Crippen LogP contribution in [0.5, 0.6) is 0 Å². The summed E-state index contributed by atoms with van der Waals surface area (Å²) in [7, 11) is 0. The molecule has 2 unspecified atom stereocenters. The highest BCUT2D eigenvalue weighted by molar-refractivity contribution is 5.76. The molecule has 0 fully saturated rings. The second-order valence-electron chi connectivity index (χ2n) is 15.0. The Labute approximate surface area is 316 Å². The van der Waals surface area contributed by atoms with Gasteiger partial charge in [-0.3, -0.25) is 9.59 Å². The minimum atomic E-state index is -0.855. The summed E-state index contributed by atoms with van der Waals surface area (Å²) in [6.45, 7) is 4.79. The molecule has 0 bridgehead atoms. The average molecular weight is 720 g/mol. The van der Waals surface area contributed by atoms with Crippen LogP contribution in [0.4, 0.5) is 0 Å². The van der Waals surface area contributed by atoms with Crippen molar-refractivity contribution in [2.75, 3.05) is 13.2 Å². The van der Waals surface area contributed by atoms with Crippen molar-refractivity contribution in [2.24, 2.45) is 0 Å². The van der Waals surface area contributed by atoms with Crippen LogP contribution in [0.25, 0.3) is 0 Å². The van der Waals surface area contributed by atoms with Gasteiger partial charge in [-0.05, 0) is 51.4 Å². The van der Waals surface area contributed by atoms with Gasteiger partial charge in [0.1, 0.15) is 0 Å². The number of aliphatic hydroxyl groups excluding tert-OH is 2. The quantitative estimate of drug-likeness (QED) is 0.0333. The van der Waals surface area contributed by atoms with E-state index in [1.165, 1.54) is 141 Å². The van der Waals surface area contributed by atoms with Gasteiger partial charge in [0.25, 0.3) is 0 Å². The van der Waals surface area contributed by atoms with Crippen LogP contribution >= 0.6 is 0 Å². The third-order valence-corrected chi connectivity index (χ3v) is 9.97. The van der Waals surface area contributed by atoms with Crippen molar-refractivity contribution in [3.63, 3.8) is 0 Å². The SMILES string of the molecule is CCCC/C=C\CCCCCCCC(=O)OCCCCCCCCCCCCCC(=O)NC(CO)C(O)/C=C/CCCCCCCCCCCC. The number of amides is 1. The first kappa shape index (κ1) is 49.3. The molecule has 0 saturated heterocycles. The molecule has 0 rings (SSSR count). The number of carbonyl (C=O) groups is 2. The van der Waals surface area contributed by atoms with E-state index in [0.29, 0.717) is 19.4 Å². The Morgan fingerprint density at radius 1 is 0.529 bits per heavy atom. The summed E-state index contributed by atoms with van der Waals surface area (Å²) in [6.07, 6.45) is 45.8. The first-order valence-electron chi connectivity index (χ1n) is 22.1. The van der Waals surface area contributed by atoms with Crippen molar-refractivity contribution in [2.45, 2.75) is 238 Å². The predicted octanol–water partition coefficient (Wildman–Crippen LogP) is 12.4. The van der Waals surface area contributed by atoms with E-state index in [9.17, 15) is 19.8 Å². The molecule has 300 valence electrons. The standard InChI is InChI=1S/C45H85NO5/c1-3-5-7-9-11-13-15-18-21-25-29-33-37-43(48)42(41-47)46-44(49)38-34-30-26-22-19-16-20-24-28-32-36-40-51-45(50)39-35-31-27-23-17-14-12-10-8-6-4-2/h10,12,33,37,42-43,47-48H,3-9,11,13-32,34-36,38-41H2,1-2H3,(H,46,49)/b12-10-,37-33+. The smallest absolute Gasteiger partial charge is 0.305 e. The molecule has 51 heavy (non-hydrogen) atoms. The Morgan fingerprint density at radius 2 is 0.941 bits per heavy atom. The zero-order valence-electron chi connectivity index (χ0n) is 33.8. The second kappa shape index (κ2) is 41.1. The molecule has 6 heteroatoms. The first-order chi connectivity index (χ1) is 25.0. The fraction of sp³-hybridized carbons (Fsp3) is 0.867. The number of unbranched alkanes of at least 4 members (excludes halogenated alkanes) is 27. The van der Waals surface area contributed by atoms with E-state index in [2.05, 4.69) is 31.3 Å². The van der Waals surface area contributed by atoms with Crippen LogP contribution in [-0.2, 0) is 14.3 Å². The van der Waals surface area contributed by atoms with E-state index in [1.54, 1.807) is 6.08 Å². The molecule has 6 nitrogen and oxygen atoms in total. The van der Waals surface area contributed by atoms with Crippen molar-refractivity contribution in [3.05, 3.63) is 24.3 Å². The van der Waals surface area contributed by atoms with E-state index < -0.39 is 12.1 Å². The molecule has 0 spiro atoms. The Morgan fingerprint density at radius 3 is 1.45 bits per heavy atom. The Bertz CT molecular complexity index is 797. The zero-order valence-corrected chi connectivity index (χ0v) is 33.8. The molecule has 2 atom stereocenters. The van der Waals surface area contributed by atoms with E-state index in [-0.39, 0.29) is 18.5 Å². The van der Waals surface area contributed by atoms with Gasteiger partial charge in [-0.25, -0.2) is 0 Å². The maximum absolute atomic E-state index is 12.4. The fourth-order valence-electron chi connectivity index (χ4n) is 6.49. The highest BCUT2D eigenvalue weighted by atomic mass is 16.5. The highest BCUT2D eigenvalue weighted by Crippen LogP contribution is 2.14. The number of carbonyl (C=O) groups excluding carboxylic acids is 2. The Kier molecular flexibility index (Phi) is 39.8. The molecular weight excluding hydrogens is 634 g/mol. The van der Waals surface area contributed by atoms with Crippen molar-refractivity contribution < 1.29 is 24.5 Å². The normalized spacial score (nSPS) is 12.9. The van der Waals surface area contributed by atoms with Gasteiger partial charge >= 0.3 is 5.97 Å². The summed E-state index contributed by atoms with van der Waals surface area (Å²) < 4.78 is 5.42. The molecule has 0 aromatic heterocycles. The van der Waals surface area contributed by atoms with Crippen LogP contribution in [-0.4, -0.2) is 47.4 Å². The van der Waals surface area contributed by atoms with Crippen molar-refractivity contribution in [3.8, 4) is 0 Å². The van der Waals surface area contributed by atoms with Gasteiger partial charge in [0.2, 0.25) is 5.91 Å². The third-order valence-electron chi connectivity index (χ3n) is 9.97. The topological polar surface area (TPSA) is 95.9 Å². The summed E-state index contributed by atoms with van der Waals surface area (Å²) in [5, 5.41) is 22.9. The van der Waals surface area contributed by atoms with E-state index in [0.717, 1.165) is 57.8 Å². The molecule has 0 aromatic rings. The van der Waals surface area contributed by atoms with Gasteiger partial charge < -0.3 is 20.3 Å². The number of rotatable bonds is 40.